The molecule has 5 heteroatoms. The summed E-state index contributed by atoms with van der Waals surface area (Å²) in [5.41, 5.74) is 0.444. The van der Waals surface area contributed by atoms with Crippen molar-refractivity contribution in [2.24, 2.45) is 0 Å². The summed E-state index contributed by atoms with van der Waals surface area (Å²) in [6, 6.07) is 8.38. The summed E-state index contributed by atoms with van der Waals surface area (Å²) in [7, 11) is 0. The van der Waals surface area contributed by atoms with Crippen LogP contribution in [0.5, 0.6) is 0 Å². The molecule has 0 atom stereocenters. The Balaban J connectivity index is 2.74. The van der Waals surface area contributed by atoms with E-state index < -0.39 is 14.4 Å². The zero-order chi connectivity index (χ0) is 8.32. The van der Waals surface area contributed by atoms with Gasteiger partial charge in [-0.25, -0.2) is 0 Å². The quantitative estimate of drug-likeness (QED) is 0.607. The van der Waals surface area contributed by atoms with Crippen LogP contribution in [-0.2, 0) is 3.74 Å². The van der Waals surface area contributed by atoms with E-state index in [4.69, 9.17) is 8.19 Å². The molecule has 0 aromatic heterocycles. The molecule has 1 rings (SSSR count). The fraction of sp³-hybridized carbons (Fsp3) is 0. The van der Waals surface area contributed by atoms with Crippen LogP contribution in [0.2, 0.25) is 0 Å². The Morgan fingerprint density at radius 1 is 1.18 bits per heavy atom. The van der Waals surface area contributed by atoms with Crippen molar-refractivity contribution >= 4 is 20.1 Å². The predicted octanol–water partition coefficient (Wildman–Crippen LogP) is -0.0508. The van der Waals surface area contributed by atoms with Crippen LogP contribution in [0.1, 0.15) is 0 Å². The van der Waals surface area contributed by atoms with Crippen molar-refractivity contribution in [2.45, 2.75) is 0 Å². The van der Waals surface area contributed by atoms with E-state index in [0.717, 1.165) is 0 Å². The normalized spacial score (nSPS) is 11.1. The van der Waals surface area contributed by atoms with Gasteiger partial charge in [0.2, 0.25) is 0 Å². The van der Waals surface area contributed by atoms with Gasteiger partial charge in [-0.2, -0.15) is 0 Å². The van der Waals surface area contributed by atoms with Gasteiger partial charge in [-0.15, -0.1) is 0 Å². The van der Waals surface area contributed by atoms with Gasteiger partial charge < -0.3 is 0 Å². The molecule has 0 aliphatic heterocycles. The van der Waals surface area contributed by atoms with Crippen LogP contribution >= 0.6 is 0 Å². The van der Waals surface area contributed by atoms with Gasteiger partial charge in [-0.3, -0.25) is 0 Å². The summed E-state index contributed by atoms with van der Waals surface area (Å²) in [6.45, 7) is 0. The van der Waals surface area contributed by atoms with E-state index >= 15 is 0 Å². The molecular weight excluding hydrogens is 209 g/mol. The summed E-state index contributed by atoms with van der Waals surface area (Å²) in [4.78, 5) is 0. The van der Waals surface area contributed by atoms with E-state index in [0.29, 0.717) is 5.69 Å². The molecule has 0 aliphatic carbocycles. The van der Waals surface area contributed by atoms with Crippen LogP contribution in [0.4, 0.5) is 5.69 Å². The minimum atomic E-state index is -4.71. The SMILES string of the molecule is O=[As](O)(O)Nc1ccccc1. The Labute approximate surface area is 67.1 Å². The van der Waals surface area contributed by atoms with Gasteiger partial charge >= 0.3 is 66.6 Å². The van der Waals surface area contributed by atoms with Crippen molar-refractivity contribution in [1.82, 2.24) is 0 Å². The molecule has 1 aromatic rings. The van der Waals surface area contributed by atoms with Gasteiger partial charge in [0.1, 0.15) is 0 Å². The van der Waals surface area contributed by atoms with Crippen molar-refractivity contribution in [3.05, 3.63) is 30.3 Å². The van der Waals surface area contributed by atoms with Gasteiger partial charge in [0, 0.05) is 0 Å². The van der Waals surface area contributed by atoms with Crippen LogP contribution in [0.3, 0.4) is 0 Å². The molecule has 11 heavy (non-hydrogen) atoms. The number of hydrogen-bond acceptors (Lipinski definition) is 1. The average Bonchev–Trinajstić information content (AvgIpc) is 1.85. The van der Waals surface area contributed by atoms with Crippen molar-refractivity contribution in [2.75, 3.05) is 4.23 Å². The predicted molar refractivity (Wildman–Crippen MR) is 40.9 cm³/mol. The Bertz CT molecular complexity index is 268. The molecule has 0 saturated heterocycles. The number of anilines is 1. The maximum atomic E-state index is 10.4. The third kappa shape index (κ3) is 3.27. The zero-order valence-corrected chi connectivity index (χ0v) is 7.51. The van der Waals surface area contributed by atoms with Crippen molar-refractivity contribution in [1.29, 1.82) is 0 Å². The Morgan fingerprint density at radius 3 is 2.18 bits per heavy atom. The molecule has 0 bridgehead atoms. The molecule has 3 N–H and O–H groups in total. The van der Waals surface area contributed by atoms with E-state index in [9.17, 15) is 3.74 Å². The summed E-state index contributed by atoms with van der Waals surface area (Å²) in [6.07, 6.45) is 0. The van der Waals surface area contributed by atoms with Gasteiger partial charge in [0.05, 0.1) is 0 Å². The summed E-state index contributed by atoms with van der Waals surface area (Å²) in [5.74, 6) is 0. The van der Waals surface area contributed by atoms with Crippen molar-refractivity contribution in [3.8, 4) is 0 Å². The van der Waals surface area contributed by atoms with Crippen LogP contribution in [0.15, 0.2) is 30.3 Å². The zero-order valence-electron chi connectivity index (χ0n) is 5.64. The Kier molecular flexibility index (Phi) is 2.39. The molecule has 1 aromatic carbocycles. The number of rotatable bonds is 2. The third-order valence-corrected chi connectivity index (χ3v) is 2.20. The molecule has 0 unspecified atom stereocenters. The van der Waals surface area contributed by atoms with E-state index in [1.807, 2.05) is 0 Å². The Hall–Kier alpha value is -0.702. The summed E-state index contributed by atoms with van der Waals surface area (Å²) >= 11 is -4.71. The molecule has 0 aliphatic rings. The average molecular weight is 217 g/mol. The van der Waals surface area contributed by atoms with Crippen molar-refractivity contribution < 1.29 is 11.9 Å². The van der Waals surface area contributed by atoms with Crippen LogP contribution < -0.4 is 4.23 Å². The van der Waals surface area contributed by atoms with Crippen LogP contribution in [0, 0.1) is 0 Å². The first-order chi connectivity index (χ1) is 5.08. The number of hydrogen-bond donors (Lipinski definition) is 3. The molecule has 0 saturated carbocycles. The molecule has 0 radical (unpaired) electrons. The fourth-order valence-corrected chi connectivity index (χ4v) is 1.70. The third-order valence-electron chi connectivity index (χ3n) is 1.05. The van der Waals surface area contributed by atoms with Gasteiger partial charge in [-0.05, 0) is 0 Å². The van der Waals surface area contributed by atoms with E-state index in [1.54, 1.807) is 30.3 Å². The van der Waals surface area contributed by atoms with Gasteiger partial charge in [0.15, 0.2) is 0 Å². The molecule has 4 nitrogen and oxygen atoms in total. The first-order valence-corrected chi connectivity index (χ1v) is 6.35. The summed E-state index contributed by atoms with van der Waals surface area (Å²) in [5, 5.41) is 0. The second kappa shape index (κ2) is 3.13. The second-order valence-corrected chi connectivity index (χ2v) is 4.77. The topological polar surface area (TPSA) is 69.6 Å². The van der Waals surface area contributed by atoms with Crippen LogP contribution in [0.25, 0.3) is 0 Å². The Morgan fingerprint density at radius 2 is 1.73 bits per heavy atom. The first kappa shape index (κ1) is 8.40. The van der Waals surface area contributed by atoms with Crippen LogP contribution in [-0.4, -0.2) is 22.6 Å². The standard InChI is InChI=1S/C6H8AsNO3/c9-7(10,11)8-6-4-2-1-3-5-6/h1-5H,(H3,8,9,10,11). The first-order valence-electron chi connectivity index (χ1n) is 2.97. The van der Waals surface area contributed by atoms with E-state index in [2.05, 4.69) is 4.23 Å². The molecular formula is C6H8AsNO3. The van der Waals surface area contributed by atoms with E-state index in [1.165, 1.54) is 0 Å². The van der Waals surface area contributed by atoms with Crippen molar-refractivity contribution in [3.63, 3.8) is 0 Å². The van der Waals surface area contributed by atoms with E-state index in [-0.39, 0.29) is 0 Å². The molecule has 0 heterocycles. The minimum absolute atomic E-state index is 0.444. The van der Waals surface area contributed by atoms with Gasteiger partial charge in [-0.1, -0.05) is 0 Å². The monoisotopic (exact) mass is 217 g/mol. The fourth-order valence-electron chi connectivity index (χ4n) is 0.681. The number of benzene rings is 1. The molecule has 0 spiro atoms. The molecule has 0 fully saturated rings. The number of nitrogens with one attached hydrogen (secondary N) is 1. The number of para-hydroxylation sites is 1. The maximum absolute atomic E-state index is 10.4. The summed E-state index contributed by atoms with van der Waals surface area (Å²) < 4.78 is 29.6. The van der Waals surface area contributed by atoms with Gasteiger partial charge in [0.25, 0.3) is 0 Å². The molecule has 0 amide bonds. The molecule has 60 valence electrons. The second-order valence-electron chi connectivity index (χ2n) is 2.02.